The molecule has 1 aliphatic rings. The second-order valence-corrected chi connectivity index (χ2v) is 7.56. The van der Waals surface area contributed by atoms with Crippen molar-refractivity contribution in [2.45, 2.75) is 38.0 Å². The first-order valence-electron chi connectivity index (χ1n) is 10.4. The van der Waals surface area contributed by atoms with Crippen LogP contribution < -0.4 is 10.1 Å². The monoisotopic (exact) mass is 413 g/mol. The van der Waals surface area contributed by atoms with Crippen LogP contribution in [0.5, 0.6) is 5.75 Å². The average molecular weight is 413 g/mol. The van der Waals surface area contributed by atoms with Crippen LogP contribution in [0, 0.1) is 5.82 Å². The van der Waals surface area contributed by atoms with Gasteiger partial charge in [0.15, 0.2) is 5.78 Å². The Morgan fingerprint density at radius 2 is 1.83 bits per heavy atom. The number of rotatable bonds is 9. The van der Waals surface area contributed by atoms with Crippen LogP contribution in [0.3, 0.4) is 0 Å². The lowest BCUT2D eigenvalue weighted by Gasteiger charge is -2.38. The van der Waals surface area contributed by atoms with Crippen LogP contribution in [-0.2, 0) is 14.9 Å². The molecule has 2 aromatic rings. The lowest BCUT2D eigenvalue weighted by Crippen LogP contribution is -2.44. The maximum Gasteiger partial charge on any atom is 0.220 e. The van der Waals surface area contributed by atoms with E-state index in [-0.39, 0.29) is 35.8 Å². The topological polar surface area (TPSA) is 64.6 Å². The van der Waals surface area contributed by atoms with Gasteiger partial charge in [-0.2, -0.15) is 0 Å². The van der Waals surface area contributed by atoms with Gasteiger partial charge in [0.2, 0.25) is 5.91 Å². The number of hydrogen-bond donors (Lipinski definition) is 1. The third-order valence-electron chi connectivity index (χ3n) is 5.58. The number of halogens is 1. The zero-order valence-electron chi connectivity index (χ0n) is 17.3. The molecule has 0 atom stereocenters. The number of carbonyl (C=O) groups excluding carboxylic acids is 2. The molecule has 0 radical (unpaired) electrons. The molecule has 30 heavy (non-hydrogen) atoms. The molecule has 1 amide bonds. The molecule has 2 aromatic carbocycles. The number of ketones is 1. The van der Waals surface area contributed by atoms with Crippen LogP contribution in [0.25, 0.3) is 0 Å². The van der Waals surface area contributed by atoms with Crippen LogP contribution in [0.15, 0.2) is 48.5 Å². The van der Waals surface area contributed by atoms with Gasteiger partial charge in [-0.15, -0.1) is 0 Å². The van der Waals surface area contributed by atoms with Crippen molar-refractivity contribution in [2.75, 3.05) is 26.4 Å². The second kappa shape index (κ2) is 10.3. The fourth-order valence-corrected chi connectivity index (χ4v) is 3.78. The lowest BCUT2D eigenvalue weighted by atomic mass is 9.74. The van der Waals surface area contributed by atoms with Crippen molar-refractivity contribution >= 4 is 11.7 Å². The molecule has 0 unspecified atom stereocenters. The smallest absolute Gasteiger partial charge is 0.220 e. The van der Waals surface area contributed by atoms with Gasteiger partial charge in [-0.05, 0) is 61.7 Å². The molecule has 1 fully saturated rings. The van der Waals surface area contributed by atoms with E-state index in [0.717, 1.165) is 5.56 Å². The molecule has 160 valence electrons. The number of hydrogen-bond acceptors (Lipinski definition) is 4. The fourth-order valence-electron chi connectivity index (χ4n) is 3.78. The van der Waals surface area contributed by atoms with Crippen LogP contribution >= 0.6 is 0 Å². The van der Waals surface area contributed by atoms with E-state index in [1.165, 1.54) is 12.1 Å². The summed E-state index contributed by atoms with van der Waals surface area (Å²) < 4.78 is 24.6. The van der Waals surface area contributed by atoms with E-state index < -0.39 is 0 Å². The summed E-state index contributed by atoms with van der Waals surface area (Å²) in [4.78, 5) is 24.8. The maximum absolute atomic E-state index is 13.8. The molecule has 1 saturated heterocycles. The zero-order chi connectivity index (χ0) is 21.4. The largest absolute Gasteiger partial charge is 0.494 e. The van der Waals surface area contributed by atoms with E-state index in [0.29, 0.717) is 50.5 Å². The van der Waals surface area contributed by atoms with E-state index in [1.807, 2.05) is 13.0 Å². The van der Waals surface area contributed by atoms with Gasteiger partial charge in [-0.25, -0.2) is 4.39 Å². The minimum atomic E-state index is -0.352. The molecule has 0 saturated carbocycles. The summed E-state index contributed by atoms with van der Waals surface area (Å²) in [6, 6.07) is 13.5. The highest BCUT2D eigenvalue weighted by molar-refractivity contribution is 5.98. The maximum atomic E-state index is 13.8. The first kappa shape index (κ1) is 22.0. The predicted molar refractivity (Wildman–Crippen MR) is 112 cm³/mol. The van der Waals surface area contributed by atoms with Crippen molar-refractivity contribution in [3.63, 3.8) is 0 Å². The third kappa shape index (κ3) is 5.66. The Hall–Kier alpha value is -2.73. The molecule has 0 bridgehead atoms. The number of Topliss-reactive ketones (excluding diaryl/α,β-unsaturated/α-hetero) is 1. The molecule has 0 spiro atoms. The van der Waals surface area contributed by atoms with Gasteiger partial charge in [0.25, 0.3) is 0 Å². The SMILES string of the molecule is CCOc1ccc(C(=O)CCC(=O)NCC2(c3cccc(F)c3)CCOCC2)cc1. The molecule has 0 aromatic heterocycles. The van der Waals surface area contributed by atoms with Gasteiger partial charge in [-0.1, -0.05) is 12.1 Å². The Kier molecular flexibility index (Phi) is 7.57. The molecule has 6 heteroatoms. The van der Waals surface area contributed by atoms with Gasteiger partial charge >= 0.3 is 0 Å². The van der Waals surface area contributed by atoms with Crippen LogP contribution in [0.1, 0.15) is 48.5 Å². The molecule has 1 N–H and O–H groups in total. The van der Waals surface area contributed by atoms with Gasteiger partial charge in [0.1, 0.15) is 11.6 Å². The molecule has 1 aliphatic heterocycles. The Balaban J connectivity index is 1.55. The van der Waals surface area contributed by atoms with Gasteiger partial charge in [0, 0.05) is 43.6 Å². The highest BCUT2D eigenvalue weighted by Crippen LogP contribution is 2.34. The minimum Gasteiger partial charge on any atom is -0.494 e. The number of ether oxygens (including phenoxy) is 2. The molecule has 5 nitrogen and oxygen atoms in total. The second-order valence-electron chi connectivity index (χ2n) is 7.56. The lowest BCUT2D eigenvalue weighted by molar-refractivity contribution is -0.121. The number of carbonyl (C=O) groups is 2. The van der Waals surface area contributed by atoms with E-state index in [9.17, 15) is 14.0 Å². The zero-order valence-corrected chi connectivity index (χ0v) is 17.3. The van der Waals surface area contributed by atoms with Crippen molar-refractivity contribution < 1.29 is 23.5 Å². The molecule has 1 heterocycles. The van der Waals surface area contributed by atoms with Gasteiger partial charge < -0.3 is 14.8 Å². The summed E-state index contributed by atoms with van der Waals surface area (Å²) >= 11 is 0. The molecular weight excluding hydrogens is 385 g/mol. The summed E-state index contributed by atoms with van der Waals surface area (Å²) in [6.07, 6.45) is 1.67. The number of nitrogens with one attached hydrogen (secondary N) is 1. The Labute approximate surface area is 176 Å². The van der Waals surface area contributed by atoms with Crippen molar-refractivity contribution in [3.05, 3.63) is 65.5 Å². The Morgan fingerprint density at radius 3 is 2.50 bits per heavy atom. The average Bonchev–Trinajstić information content (AvgIpc) is 2.77. The van der Waals surface area contributed by atoms with Gasteiger partial charge in [-0.3, -0.25) is 9.59 Å². The van der Waals surface area contributed by atoms with E-state index >= 15 is 0 Å². The Morgan fingerprint density at radius 1 is 1.10 bits per heavy atom. The number of amides is 1. The standard InChI is InChI=1S/C24H28FNO4/c1-2-30-21-8-6-18(7-9-21)22(27)10-11-23(28)26-17-24(12-14-29-15-13-24)19-4-3-5-20(25)16-19/h3-9,16H,2,10-15,17H2,1H3,(H,26,28). The predicted octanol–water partition coefficient (Wildman–Crippen LogP) is 4.05. The molecule has 0 aliphatic carbocycles. The van der Waals surface area contributed by atoms with Crippen molar-refractivity contribution in [2.24, 2.45) is 0 Å². The normalized spacial score (nSPS) is 15.4. The van der Waals surface area contributed by atoms with Crippen molar-refractivity contribution in [1.82, 2.24) is 5.32 Å². The van der Waals surface area contributed by atoms with Crippen LogP contribution in [0.4, 0.5) is 4.39 Å². The highest BCUT2D eigenvalue weighted by Gasteiger charge is 2.35. The van der Waals surface area contributed by atoms with E-state index in [4.69, 9.17) is 9.47 Å². The van der Waals surface area contributed by atoms with E-state index in [1.54, 1.807) is 30.3 Å². The quantitative estimate of drug-likeness (QED) is 0.630. The van der Waals surface area contributed by atoms with Crippen molar-refractivity contribution in [3.8, 4) is 5.75 Å². The summed E-state index contributed by atoms with van der Waals surface area (Å²) in [7, 11) is 0. The summed E-state index contributed by atoms with van der Waals surface area (Å²) in [6.45, 7) is 4.01. The number of benzene rings is 2. The third-order valence-corrected chi connectivity index (χ3v) is 5.58. The Bertz CT molecular complexity index is 860. The highest BCUT2D eigenvalue weighted by atomic mass is 19.1. The molecule has 3 rings (SSSR count). The van der Waals surface area contributed by atoms with Gasteiger partial charge in [0.05, 0.1) is 6.61 Å². The van der Waals surface area contributed by atoms with Crippen molar-refractivity contribution in [1.29, 1.82) is 0 Å². The fraction of sp³-hybridized carbons (Fsp3) is 0.417. The molecular formula is C24H28FNO4. The van der Waals surface area contributed by atoms with E-state index in [2.05, 4.69) is 5.32 Å². The minimum absolute atomic E-state index is 0.0842. The first-order valence-corrected chi connectivity index (χ1v) is 10.4. The summed E-state index contributed by atoms with van der Waals surface area (Å²) in [5.41, 5.74) is 1.08. The van der Waals surface area contributed by atoms with Crippen LogP contribution in [-0.4, -0.2) is 38.1 Å². The van der Waals surface area contributed by atoms with Crippen LogP contribution in [0.2, 0.25) is 0 Å². The summed E-state index contributed by atoms with van der Waals surface area (Å²) in [5.74, 6) is 0.159. The first-order chi connectivity index (χ1) is 14.5. The summed E-state index contributed by atoms with van der Waals surface area (Å²) in [5, 5.41) is 2.95.